The first kappa shape index (κ1) is 27.2. The van der Waals surface area contributed by atoms with Crippen LogP contribution >= 0.6 is 0 Å². The molecule has 0 fully saturated rings. The number of hydrogen-bond donors (Lipinski definition) is 0. The average molecular weight is 473 g/mol. The molecule has 11 heteroatoms. The smallest absolute Gasteiger partial charge is 0.545 e. The van der Waals surface area contributed by atoms with Gasteiger partial charge in [-0.05, 0) is 12.1 Å². The molecular formula is C20H14CoO10. The molecule has 0 aromatic heterocycles. The largest absolute Gasteiger partial charge is 2.00 e. The van der Waals surface area contributed by atoms with Crippen molar-refractivity contribution < 1.29 is 65.2 Å². The summed E-state index contributed by atoms with van der Waals surface area (Å²) in [7, 11) is 0. The summed E-state index contributed by atoms with van der Waals surface area (Å²) < 4.78 is 8.52. The van der Waals surface area contributed by atoms with E-state index in [-0.39, 0.29) is 39.0 Å². The minimum Gasteiger partial charge on any atom is -0.545 e. The summed E-state index contributed by atoms with van der Waals surface area (Å²) in [5.74, 6) is -6.58. The minimum atomic E-state index is -1.49. The van der Waals surface area contributed by atoms with E-state index in [2.05, 4.69) is 9.47 Å². The van der Waals surface area contributed by atoms with Crippen LogP contribution in [0.15, 0.2) is 48.5 Å². The zero-order valence-corrected chi connectivity index (χ0v) is 17.1. The first-order valence-corrected chi connectivity index (χ1v) is 8.10. The number of carboxylic acid groups (broad SMARTS) is 2. The van der Waals surface area contributed by atoms with E-state index in [0.29, 0.717) is 0 Å². The van der Waals surface area contributed by atoms with Crippen LogP contribution in [0.1, 0.15) is 55.3 Å². The van der Waals surface area contributed by atoms with E-state index in [4.69, 9.17) is 0 Å². The van der Waals surface area contributed by atoms with Crippen LogP contribution in [-0.2, 0) is 35.8 Å². The molecule has 0 heterocycles. The fourth-order valence-electron chi connectivity index (χ4n) is 2.05. The quantitative estimate of drug-likeness (QED) is 0.417. The van der Waals surface area contributed by atoms with Crippen molar-refractivity contribution in [3.63, 3.8) is 0 Å². The molecule has 1 radical (unpaired) electrons. The van der Waals surface area contributed by atoms with Gasteiger partial charge in [-0.3, -0.25) is 9.59 Å². The molecule has 2 aromatic carbocycles. The standard InChI is InChI=1S/2C10H8O5.Co/c2*1-6(11)15-10(14)8-5-3-2-4-7(8)9(12)13;/h2*2-5H,1H3,(H,12,13);/q;;+2/p-2. The van der Waals surface area contributed by atoms with E-state index in [1.54, 1.807) is 0 Å². The number of benzene rings is 2. The van der Waals surface area contributed by atoms with Crippen molar-refractivity contribution in [1.82, 2.24) is 0 Å². The zero-order chi connectivity index (χ0) is 22.8. The van der Waals surface area contributed by atoms with Crippen molar-refractivity contribution in [2.75, 3.05) is 0 Å². The van der Waals surface area contributed by atoms with E-state index in [0.717, 1.165) is 13.8 Å². The average Bonchev–Trinajstić information content (AvgIpc) is 2.67. The maximum atomic E-state index is 11.2. The van der Waals surface area contributed by atoms with Gasteiger partial charge in [0.15, 0.2) is 0 Å². The van der Waals surface area contributed by atoms with Crippen molar-refractivity contribution in [3.05, 3.63) is 70.8 Å². The fraction of sp³-hybridized carbons (Fsp3) is 0.100. The predicted octanol–water partition coefficient (Wildman–Crippen LogP) is -0.496. The molecule has 0 spiro atoms. The Morgan fingerprint density at radius 1 is 0.581 bits per heavy atom. The van der Waals surface area contributed by atoms with Crippen molar-refractivity contribution in [3.8, 4) is 0 Å². The van der Waals surface area contributed by atoms with Crippen LogP contribution < -0.4 is 10.2 Å². The number of ether oxygens (including phenoxy) is 2. The molecule has 0 saturated carbocycles. The molecule has 0 aliphatic carbocycles. The molecule has 0 bridgehead atoms. The number of rotatable bonds is 4. The maximum absolute atomic E-state index is 11.2. The summed E-state index contributed by atoms with van der Waals surface area (Å²) in [5.41, 5.74) is -1.01. The van der Waals surface area contributed by atoms with Gasteiger partial charge in [-0.1, -0.05) is 36.4 Å². The van der Waals surface area contributed by atoms with Gasteiger partial charge in [-0.2, -0.15) is 0 Å². The Bertz CT molecular complexity index is 931. The summed E-state index contributed by atoms with van der Waals surface area (Å²) in [6.07, 6.45) is 0. The van der Waals surface area contributed by atoms with Crippen LogP contribution in [0.2, 0.25) is 0 Å². The molecule has 2 rings (SSSR count). The zero-order valence-electron chi connectivity index (χ0n) is 16.0. The van der Waals surface area contributed by atoms with Gasteiger partial charge in [-0.25, -0.2) is 9.59 Å². The topological polar surface area (TPSA) is 167 Å². The molecule has 10 nitrogen and oxygen atoms in total. The molecule has 31 heavy (non-hydrogen) atoms. The second kappa shape index (κ2) is 12.7. The third-order valence-electron chi connectivity index (χ3n) is 3.21. The monoisotopic (exact) mass is 473 g/mol. The van der Waals surface area contributed by atoms with Crippen LogP contribution in [-0.4, -0.2) is 35.8 Å². The van der Waals surface area contributed by atoms with Gasteiger partial charge in [0.25, 0.3) is 0 Å². The van der Waals surface area contributed by atoms with Gasteiger partial charge >= 0.3 is 40.7 Å². The van der Waals surface area contributed by atoms with Crippen LogP contribution in [0.5, 0.6) is 0 Å². The second-order valence-corrected chi connectivity index (χ2v) is 5.43. The van der Waals surface area contributed by atoms with E-state index < -0.39 is 35.8 Å². The Morgan fingerprint density at radius 2 is 0.839 bits per heavy atom. The third-order valence-corrected chi connectivity index (χ3v) is 3.21. The molecular weight excluding hydrogens is 459 g/mol. The molecule has 163 valence electrons. The molecule has 0 aliphatic heterocycles. The minimum absolute atomic E-state index is 0. The summed E-state index contributed by atoms with van der Waals surface area (Å²) >= 11 is 0. The van der Waals surface area contributed by atoms with Crippen LogP contribution in [0.4, 0.5) is 0 Å². The third kappa shape index (κ3) is 8.59. The van der Waals surface area contributed by atoms with Crippen LogP contribution in [0.25, 0.3) is 0 Å². The predicted molar refractivity (Wildman–Crippen MR) is 93.7 cm³/mol. The maximum Gasteiger partial charge on any atom is 2.00 e. The number of esters is 4. The fourth-order valence-corrected chi connectivity index (χ4v) is 2.05. The Kier molecular flexibility index (Phi) is 11.1. The Balaban J connectivity index is 0.000000562. The molecule has 0 aliphatic rings. The van der Waals surface area contributed by atoms with Crippen molar-refractivity contribution >= 4 is 35.8 Å². The number of carbonyl (C=O) groups excluding carboxylic acids is 6. The normalized spacial score (nSPS) is 9.10. The Hall–Kier alpha value is -3.83. The molecule has 0 atom stereocenters. The van der Waals surface area contributed by atoms with Gasteiger partial charge in [0.1, 0.15) is 0 Å². The van der Waals surface area contributed by atoms with Gasteiger partial charge in [0.2, 0.25) is 0 Å². The van der Waals surface area contributed by atoms with Crippen molar-refractivity contribution in [2.24, 2.45) is 0 Å². The Morgan fingerprint density at radius 3 is 1.06 bits per heavy atom. The van der Waals surface area contributed by atoms with Crippen molar-refractivity contribution in [1.29, 1.82) is 0 Å². The number of carboxylic acids is 2. The number of aromatic carboxylic acids is 2. The van der Waals surface area contributed by atoms with Crippen LogP contribution in [0, 0.1) is 0 Å². The summed E-state index contributed by atoms with van der Waals surface area (Å²) in [6.45, 7) is 2.11. The van der Waals surface area contributed by atoms with E-state index in [1.165, 1.54) is 48.5 Å². The van der Waals surface area contributed by atoms with Crippen molar-refractivity contribution in [2.45, 2.75) is 13.8 Å². The summed E-state index contributed by atoms with van der Waals surface area (Å²) in [4.78, 5) is 64.7. The summed E-state index contributed by atoms with van der Waals surface area (Å²) in [6, 6.07) is 10.7. The summed E-state index contributed by atoms with van der Waals surface area (Å²) in [5, 5.41) is 21.2. The first-order valence-electron chi connectivity index (χ1n) is 8.10. The van der Waals surface area contributed by atoms with Gasteiger partial charge < -0.3 is 29.3 Å². The second-order valence-electron chi connectivity index (χ2n) is 5.43. The molecule has 0 amide bonds. The Labute approximate surface area is 186 Å². The molecule has 0 unspecified atom stereocenters. The van der Waals surface area contributed by atoms with Crippen LogP contribution in [0.3, 0.4) is 0 Å². The van der Waals surface area contributed by atoms with Gasteiger partial charge in [0, 0.05) is 25.0 Å². The molecule has 0 saturated heterocycles. The van der Waals surface area contributed by atoms with E-state index in [9.17, 15) is 39.0 Å². The van der Waals surface area contributed by atoms with E-state index >= 15 is 0 Å². The SMILES string of the molecule is CC(=O)OC(=O)c1ccccc1C(=O)[O-].CC(=O)OC(=O)c1ccccc1C(=O)[O-].[Co+2]. The molecule has 2 aromatic rings. The first-order chi connectivity index (χ1) is 14.0. The van der Waals surface area contributed by atoms with E-state index in [1.807, 2.05) is 0 Å². The number of carbonyl (C=O) groups is 6. The van der Waals surface area contributed by atoms with Gasteiger partial charge in [-0.15, -0.1) is 0 Å². The number of hydrogen-bond acceptors (Lipinski definition) is 10. The molecule has 0 N–H and O–H groups in total. The van der Waals surface area contributed by atoms with Gasteiger partial charge in [0.05, 0.1) is 23.1 Å².